The van der Waals surface area contributed by atoms with E-state index in [1.807, 2.05) is 0 Å². The number of aromatic nitrogens is 2. The zero-order chi connectivity index (χ0) is 22.9. The lowest BCUT2D eigenvalue weighted by Gasteiger charge is -2.46. The number of amides is 2. The van der Waals surface area contributed by atoms with Gasteiger partial charge in [0.1, 0.15) is 5.82 Å². The van der Waals surface area contributed by atoms with Crippen molar-refractivity contribution in [1.29, 1.82) is 0 Å². The number of fused-ring (bicyclic) bond motifs is 1. The van der Waals surface area contributed by atoms with Crippen molar-refractivity contribution in [2.24, 2.45) is 11.3 Å². The van der Waals surface area contributed by atoms with E-state index in [1.54, 1.807) is 7.05 Å². The summed E-state index contributed by atoms with van der Waals surface area (Å²) >= 11 is 0. The number of nitrogens with zero attached hydrogens (tertiary/aromatic N) is 4. The second kappa shape index (κ2) is 9.11. The zero-order valence-electron chi connectivity index (χ0n) is 19.5. The van der Waals surface area contributed by atoms with E-state index < -0.39 is 6.09 Å². The molecule has 0 radical (unpaired) electrons. The maximum atomic E-state index is 12.1. The third kappa shape index (κ3) is 4.76. The number of anilines is 2. The molecule has 0 saturated carbocycles. The topological polar surface area (TPSA) is 111 Å². The maximum absolute atomic E-state index is 12.1. The van der Waals surface area contributed by atoms with E-state index in [0.717, 1.165) is 69.1 Å². The van der Waals surface area contributed by atoms with Gasteiger partial charge < -0.3 is 25.5 Å². The van der Waals surface area contributed by atoms with E-state index in [4.69, 9.17) is 9.97 Å². The van der Waals surface area contributed by atoms with Gasteiger partial charge in [0.15, 0.2) is 0 Å². The third-order valence-electron chi connectivity index (χ3n) is 7.02. The Balaban J connectivity index is 1.55. The molecule has 176 valence electrons. The summed E-state index contributed by atoms with van der Waals surface area (Å²) in [4.78, 5) is 36.9. The van der Waals surface area contributed by atoms with Gasteiger partial charge in [-0.15, -0.1) is 0 Å². The summed E-state index contributed by atoms with van der Waals surface area (Å²) in [5.41, 5.74) is 2.35. The first kappa shape index (κ1) is 22.6. The minimum atomic E-state index is -0.835. The minimum absolute atomic E-state index is 0.0180. The van der Waals surface area contributed by atoms with E-state index in [0.29, 0.717) is 25.4 Å². The highest BCUT2D eigenvalue weighted by molar-refractivity contribution is 5.76. The quantitative estimate of drug-likeness (QED) is 0.593. The summed E-state index contributed by atoms with van der Waals surface area (Å²) in [6.07, 6.45) is 5.62. The van der Waals surface area contributed by atoms with Crippen LogP contribution in [0.25, 0.3) is 0 Å². The molecule has 1 aliphatic carbocycles. The molecule has 2 saturated heterocycles. The van der Waals surface area contributed by atoms with Crippen molar-refractivity contribution in [1.82, 2.24) is 20.2 Å². The second-order valence-corrected chi connectivity index (χ2v) is 10.2. The molecule has 1 unspecified atom stereocenters. The summed E-state index contributed by atoms with van der Waals surface area (Å²) in [6.45, 7) is 7.17. The average molecular weight is 445 g/mol. The lowest BCUT2D eigenvalue weighted by Crippen LogP contribution is -2.59. The number of hydrogen-bond donors (Lipinski definition) is 3. The molecule has 1 atom stereocenters. The zero-order valence-corrected chi connectivity index (χ0v) is 19.5. The molecule has 32 heavy (non-hydrogen) atoms. The van der Waals surface area contributed by atoms with Gasteiger partial charge in [0.05, 0.1) is 5.69 Å². The van der Waals surface area contributed by atoms with Crippen molar-refractivity contribution in [2.45, 2.75) is 64.8 Å². The number of carboxylic acid groups (broad SMARTS) is 1. The van der Waals surface area contributed by atoms with Crippen LogP contribution in [0.3, 0.4) is 0 Å². The number of carbonyl (C=O) groups is 2. The molecular weight excluding hydrogens is 408 g/mol. The Kier molecular flexibility index (Phi) is 6.44. The fourth-order valence-corrected chi connectivity index (χ4v) is 5.39. The average Bonchev–Trinajstić information content (AvgIpc) is 3.18. The first-order valence-electron chi connectivity index (χ1n) is 11.9. The summed E-state index contributed by atoms with van der Waals surface area (Å²) < 4.78 is 0. The molecule has 3 N–H and O–H groups in total. The summed E-state index contributed by atoms with van der Waals surface area (Å²) in [6, 6.07) is 0.0180. The number of likely N-dealkylation sites (tertiary alicyclic amines) is 1. The first-order valence-corrected chi connectivity index (χ1v) is 11.9. The van der Waals surface area contributed by atoms with Crippen LogP contribution in [0.1, 0.15) is 57.2 Å². The predicted octanol–water partition coefficient (Wildman–Crippen LogP) is 2.51. The van der Waals surface area contributed by atoms with Crippen LogP contribution in [0.5, 0.6) is 0 Å². The highest BCUT2D eigenvalue weighted by Gasteiger charge is 2.50. The van der Waals surface area contributed by atoms with Gasteiger partial charge in [-0.2, -0.15) is 4.98 Å². The molecule has 1 spiro atoms. The summed E-state index contributed by atoms with van der Waals surface area (Å²) in [5, 5.41) is 15.6. The Bertz CT molecular complexity index is 868. The largest absolute Gasteiger partial charge is 0.465 e. The molecule has 0 bridgehead atoms. The Hall–Kier alpha value is -2.58. The van der Waals surface area contributed by atoms with Gasteiger partial charge in [0.2, 0.25) is 11.9 Å². The second-order valence-electron chi connectivity index (χ2n) is 10.2. The number of nitrogens with one attached hydrogen (secondary N) is 2. The lowest BCUT2D eigenvalue weighted by atomic mass is 9.79. The van der Waals surface area contributed by atoms with Crippen LogP contribution >= 0.6 is 0 Å². The molecule has 2 amide bonds. The number of hydrogen-bond acceptors (Lipinski definition) is 6. The van der Waals surface area contributed by atoms with Gasteiger partial charge in [-0.25, -0.2) is 9.78 Å². The normalized spacial score (nSPS) is 20.1. The molecule has 1 aromatic heterocycles. The van der Waals surface area contributed by atoms with Crippen LogP contribution in [0.15, 0.2) is 0 Å². The molecule has 1 aromatic rings. The van der Waals surface area contributed by atoms with E-state index in [9.17, 15) is 14.7 Å². The van der Waals surface area contributed by atoms with Crippen molar-refractivity contribution in [3.63, 3.8) is 0 Å². The van der Waals surface area contributed by atoms with E-state index in [2.05, 4.69) is 29.4 Å². The van der Waals surface area contributed by atoms with Crippen LogP contribution < -0.4 is 15.5 Å². The predicted molar refractivity (Wildman–Crippen MR) is 123 cm³/mol. The fourth-order valence-electron chi connectivity index (χ4n) is 5.39. The molecule has 9 nitrogen and oxygen atoms in total. The Labute approximate surface area is 190 Å². The summed E-state index contributed by atoms with van der Waals surface area (Å²) in [7, 11) is 1.68. The highest BCUT2D eigenvalue weighted by atomic mass is 16.4. The van der Waals surface area contributed by atoms with Crippen molar-refractivity contribution < 1.29 is 14.7 Å². The number of rotatable bonds is 7. The molecule has 3 aliphatic rings. The molecule has 2 aliphatic heterocycles. The molecule has 0 aromatic carbocycles. The molecule has 9 heteroatoms. The SMILES string of the molecule is CNC(=O)CC(CC(C)C)Nc1nc(N2CCC3(CN(C(=O)O)C3)C2)nc2c1CCCC2. The summed E-state index contributed by atoms with van der Waals surface area (Å²) in [5.74, 6) is 2.10. The van der Waals surface area contributed by atoms with Crippen molar-refractivity contribution >= 4 is 23.8 Å². The Morgan fingerprint density at radius 1 is 1.16 bits per heavy atom. The van der Waals surface area contributed by atoms with Gasteiger partial charge in [0, 0.05) is 56.7 Å². The molecule has 3 heterocycles. The van der Waals surface area contributed by atoms with E-state index >= 15 is 0 Å². The molecule has 2 fully saturated rings. The number of carbonyl (C=O) groups excluding carboxylic acids is 1. The molecule has 4 rings (SSSR count). The smallest absolute Gasteiger partial charge is 0.407 e. The van der Waals surface area contributed by atoms with Gasteiger partial charge in [-0.3, -0.25) is 4.79 Å². The van der Waals surface area contributed by atoms with Crippen LogP contribution in [-0.4, -0.2) is 71.2 Å². The van der Waals surface area contributed by atoms with E-state index in [-0.39, 0.29) is 17.4 Å². The van der Waals surface area contributed by atoms with Gasteiger partial charge in [-0.05, 0) is 44.4 Å². The first-order chi connectivity index (χ1) is 15.3. The van der Waals surface area contributed by atoms with Gasteiger partial charge >= 0.3 is 6.09 Å². The Morgan fingerprint density at radius 2 is 1.91 bits per heavy atom. The van der Waals surface area contributed by atoms with Crippen LogP contribution in [0.4, 0.5) is 16.6 Å². The molecular formula is C23H36N6O3. The highest BCUT2D eigenvalue weighted by Crippen LogP contribution is 2.41. The Morgan fingerprint density at radius 3 is 2.59 bits per heavy atom. The van der Waals surface area contributed by atoms with Crippen molar-refractivity contribution in [3.05, 3.63) is 11.3 Å². The maximum Gasteiger partial charge on any atom is 0.407 e. The fraction of sp³-hybridized carbons (Fsp3) is 0.739. The standard InChI is InChI=1S/C23H36N6O3/c1-15(2)10-16(11-19(30)24-3)25-20-17-6-4-5-7-18(17)26-21(27-20)28-9-8-23(12-28)13-29(14-23)22(31)32/h15-16H,4-14H2,1-3H3,(H,24,30)(H,31,32)(H,25,26,27). The van der Waals surface area contributed by atoms with E-state index in [1.165, 1.54) is 10.5 Å². The monoisotopic (exact) mass is 444 g/mol. The third-order valence-corrected chi connectivity index (χ3v) is 7.02. The van der Waals surface area contributed by atoms with Crippen LogP contribution in [0.2, 0.25) is 0 Å². The lowest BCUT2D eigenvalue weighted by molar-refractivity contribution is -0.120. The van der Waals surface area contributed by atoms with Crippen molar-refractivity contribution in [2.75, 3.05) is 43.4 Å². The van der Waals surface area contributed by atoms with Crippen LogP contribution in [0, 0.1) is 11.3 Å². The minimum Gasteiger partial charge on any atom is -0.465 e. The van der Waals surface area contributed by atoms with Crippen molar-refractivity contribution in [3.8, 4) is 0 Å². The number of aryl methyl sites for hydroxylation is 1. The van der Waals surface area contributed by atoms with Gasteiger partial charge in [0.25, 0.3) is 0 Å². The van der Waals surface area contributed by atoms with Gasteiger partial charge in [-0.1, -0.05) is 13.8 Å². The van der Waals surface area contributed by atoms with Crippen LogP contribution in [-0.2, 0) is 17.6 Å².